The highest BCUT2D eigenvalue weighted by molar-refractivity contribution is 6.13. The van der Waals surface area contributed by atoms with Crippen LogP contribution in [-0.4, -0.2) is 46.2 Å². The summed E-state index contributed by atoms with van der Waals surface area (Å²) in [6, 6.07) is 11.0. The van der Waals surface area contributed by atoms with Crippen molar-refractivity contribution in [2.24, 2.45) is 0 Å². The third-order valence-corrected chi connectivity index (χ3v) is 4.74. The first-order valence-electron chi connectivity index (χ1n) is 9.36. The molecule has 4 rings (SSSR count). The molecule has 1 fully saturated rings. The van der Waals surface area contributed by atoms with Crippen LogP contribution in [0.3, 0.4) is 0 Å². The number of aromatic nitrogens is 3. The predicted molar refractivity (Wildman–Crippen MR) is 112 cm³/mol. The maximum Gasteiger partial charge on any atom is 0.239 e. The summed E-state index contributed by atoms with van der Waals surface area (Å²) in [5, 5.41) is 11.5. The zero-order chi connectivity index (χ0) is 20.2. The fraction of sp³-hybridized carbons (Fsp3) is 0.190. The van der Waals surface area contributed by atoms with E-state index in [4.69, 9.17) is 11.1 Å². The molecular formula is C21H21N7O. The standard InChI is InChI=1S/C21H21N7O/c22-16-12-26-18(14-4-2-7-24-11-14)10-15(16)21(23)17-5-1-6-19(27-17)28-9-3-8-25-20(29)13-28/h1-2,4-7,10-12,23H,3,8-9,13,22H2,(H,25,29). The average molecular weight is 387 g/mol. The Kier molecular flexibility index (Phi) is 5.15. The molecule has 1 amide bonds. The largest absolute Gasteiger partial charge is 0.397 e. The van der Waals surface area contributed by atoms with Gasteiger partial charge in [-0.25, -0.2) is 4.98 Å². The molecule has 0 bridgehead atoms. The SMILES string of the molecule is N=C(c1cccc(N2CCCNC(=O)C2)n1)c1cc(-c2cccnc2)ncc1N. The smallest absolute Gasteiger partial charge is 0.239 e. The molecule has 3 aromatic heterocycles. The monoisotopic (exact) mass is 387 g/mol. The number of nitrogens with one attached hydrogen (secondary N) is 2. The van der Waals surface area contributed by atoms with Gasteiger partial charge in [-0.3, -0.25) is 20.2 Å². The molecule has 29 heavy (non-hydrogen) atoms. The number of amides is 1. The van der Waals surface area contributed by atoms with Gasteiger partial charge in [0, 0.05) is 36.6 Å². The van der Waals surface area contributed by atoms with Crippen LogP contribution >= 0.6 is 0 Å². The van der Waals surface area contributed by atoms with Gasteiger partial charge in [0.05, 0.1) is 35.5 Å². The van der Waals surface area contributed by atoms with E-state index in [2.05, 4.69) is 20.3 Å². The van der Waals surface area contributed by atoms with E-state index in [0.29, 0.717) is 35.0 Å². The van der Waals surface area contributed by atoms with Gasteiger partial charge in [-0.2, -0.15) is 0 Å². The van der Waals surface area contributed by atoms with Crippen LogP contribution in [0.2, 0.25) is 0 Å². The number of nitrogens with two attached hydrogens (primary N) is 1. The Morgan fingerprint density at radius 1 is 1.21 bits per heavy atom. The second kappa shape index (κ2) is 8.05. The first-order chi connectivity index (χ1) is 14.1. The van der Waals surface area contributed by atoms with Crippen molar-refractivity contribution in [3.63, 3.8) is 0 Å². The van der Waals surface area contributed by atoms with Gasteiger partial charge >= 0.3 is 0 Å². The maximum atomic E-state index is 11.9. The Morgan fingerprint density at radius 3 is 2.93 bits per heavy atom. The highest BCUT2D eigenvalue weighted by Gasteiger charge is 2.18. The van der Waals surface area contributed by atoms with E-state index in [1.807, 2.05) is 29.2 Å². The van der Waals surface area contributed by atoms with Gasteiger partial charge in [0.15, 0.2) is 0 Å². The molecule has 0 atom stereocenters. The van der Waals surface area contributed by atoms with Crippen LogP contribution in [0, 0.1) is 5.41 Å². The molecule has 0 aliphatic carbocycles. The minimum absolute atomic E-state index is 0.0238. The summed E-state index contributed by atoms with van der Waals surface area (Å²) >= 11 is 0. The number of hydrogen-bond donors (Lipinski definition) is 3. The average Bonchev–Trinajstić information content (AvgIpc) is 2.99. The number of nitrogens with zero attached hydrogens (tertiary/aromatic N) is 4. The normalized spacial score (nSPS) is 14.2. The Morgan fingerprint density at radius 2 is 2.10 bits per heavy atom. The lowest BCUT2D eigenvalue weighted by Gasteiger charge is -2.20. The number of hydrogen-bond acceptors (Lipinski definition) is 7. The van der Waals surface area contributed by atoms with Crippen molar-refractivity contribution >= 4 is 23.1 Å². The third kappa shape index (κ3) is 4.06. The number of rotatable bonds is 4. The number of anilines is 2. The second-order valence-electron chi connectivity index (χ2n) is 6.78. The summed E-state index contributed by atoms with van der Waals surface area (Å²) in [7, 11) is 0. The Hall–Kier alpha value is -3.81. The number of pyridine rings is 3. The summed E-state index contributed by atoms with van der Waals surface area (Å²) in [6.07, 6.45) is 5.81. The summed E-state index contributed by atoms with van der Waals surface area (Å²) in [6.45, 7) is 1.65. The fourth-order valence-corrected chi connectivity index (χ4v) is 3.23. The Labute approximate surface area is 168 Å². The molecule has 0 unspecified atom stereocenters. The van der Waals surface area contributed by atoms with Crippen LogP contribution in [0.1, 0.15) is 17.7 Å². The molecule has 8 nitrogen and oxygen atoms in total. The van der Waals surface area contributed by atoms with Crippen molar-refractivity contribution in [2.45, 2.75) is 6.42 Å². The molecule has 0 aromatic carbocycles. The number of carbonyl (C=O) groups excluding carboxylic acids is 1. The molecule has 1 saturated heterocycles. The Balaban J connectivity index is 1.66. The minimum atomic E-state index is -0.0238. The van der Waals surface area contributed by atoms with Crippen molar-refractivity contribution in [3.8, 4) is 11.3 Å². The van der Waals surface area contributed by atoms with Gasteiger partial charge in [0.1, 0.15) is 5.82 Å². The van der Waals surface area contributed by atoms with Crippen molar-refractivity contribution < 1.29 is 4.79 Å². The molecule has 0 saturated carbocycles. The number of carbonyl (C=O) groups is 1. The molecule has 1 aliphatic rings. The van der Waals surface area contributed by atoms with Gasteiger partial charge in [-0.1, -0.05) is 6.07 Å². The van der Waals surface area contributed by atoms with Crippen LogP contribution < -0.4 is 16.0 Å². The third-order valence-electron chi connectivity index (χ3n) is 4.74. The minimum Gasteiger partial charge on any atom is -0.397 e. The van der Waals surface area contributed by atoms with Crippen molar-refractivity contribution in [1.29, 1.82) is 5.41 Å². The first kappa shape index (κ1) is 18.5. The van der Waals surface area contributed by atoms with Crippen molar-refractivity contribution in [2.75, 3.05) is 30.3 Å². The summed E-state index contributed by atoms with van der Waals surface area (Å²) in [4.78, 5) is 26.9. The zero-order valence-corrected chi connectivity index (χ0v) is 15.8. The second-order valence-corrected chi connectivity index (χ2v) is 6.78. The quantitative estimate of drug-likeness (QED) is 0.588. The molecule has 4 N–H and O–H groups in total. The summed E-state index contributed by atoms with van der Waals surface area (Å²) in [5.41, 5.74) is 9.30. The van der Waals surface area contributed by atoms with Gasteiger partial charge < -0.3 is 16.0 Å². The maximum absolute atomic E-state index is 11.9. The summed E-state index contributed by atoms with van der Waals surface area (Å²) < 4.78 is 0. The molecule has 146 valence electrons. The van der Waals surface area contributed by atoms with Crippen molar-refractivity contribution in [1.82, 2.24) is 20.3 Å². The molecule has 1 aliphatic heterocycles. The van der Waals surface area contributed by atoms with Crippen LogP contribution in [0.5, 0.6) is 0 Å². The summed E-state index contributed by atoms with van der Waals surface area (Å²) in [5.74, 6) is 0.647. The van der Waals surface area contributed by atoms with Gasteiger partial charge in [0.25, 0.3) is 0 Å². The van der Waals surface area contributed by atoms with E-state index in [9.17, 15) is 4.79 Å². The van der Waals surface area contributed by atoms with Gasteiger partial charge in [-0.05, 0) is 36.8 Å². The van der Waals surface area contributed by atoms with Crippen molar-refractivity contribution in [3.05, 3.63) is 66.2 Å². The zero-order valence-electron chi connectivity index (χ0n) is 15.8. The molecular weight excluding hydrogens is 366 g/mol. The van der Waals surface area contributed by atoms with E-state index in [1.54, 1.807) is 30.7 Å². The lowest BCUT2D eigenvalue weighted by molar-refractivity contribution is -0.119. The van der Waals surface area contributed by atoms with Gasteiger partial charge in [0.2, 0.25) is 5.91 Å². The fourth-order valence-electron chi connectivity index (χ4n) is 3.23. The van der Waals surface area contributed by atoms with Crippen LogP contribution in [0.4, 0.5) is 11.5 Å². The molecule has 4 heterocycles. The molecule has 8 heteroatoms. The highest BCUT2D eigenvalue weighted by Crippen LogP contribution is 2.23. The molecule has 0 spiro atoms. The topological polar surface area (TPSA) is 121 Å². The van der Waals surface area contributed by atoms with Crippen LogP contribution in [-0.2, 0) is 4.79 Å². The predicted octanol–water partition coefficient (Wildman–Crippen LogP) is 1.86. The van der Waals surface area contributed by atoms with Crippen LogP contribution in [0.25, 0.3) is 11.3 Å². The number of nitrogen functional groups attached to an aromatic ring is 1. The Bertz CT molecular complexity index is 1050. The first-order valence-corrected chi connectivity index (χ1v) is 9.36. The lowest BCUT2D eigenvalue weighted by atomic mass is 10.0. The molecule has 0 radical (unpaired) electrons. The van der Waals surface area contributed by atoms with Crippen LogP contribution in [0.15, 0.2) is 55.0 Å². The lowest BCUT2D eigenvalue weighted by Crippen LogP contribution is -2.33. The van der Waals surface area contributed by atoms with E-state index in [1.165, 1.54) is 0 Å². The highest BCUT2D eigenvalue weighted by atomic mass is 16.2. The van der Waals surface area contributed by atoms with E-state index in [0.717, 1.165) is 18.5 Å². The van der Waals surface area contributed by atoms with E-state index >= 15 is 0 Å². The van der Waals surface area contributed by atoms with E-state index in [-0.39, 0.29) is 18.2 Å². The van der Waals surface area contributed by atoms with E-state index < -0.39 is 0 Å². The molecule has 3 aromatic rings. The van der Waals surface area contributed by atoms with Gasteiger partial charge in [-0.15, -0.1) is 0 Å².